The molecule has 0 aromatic carbocycles. The lowest BCUT2D eigenvalue weighted by Gasteiger charge is -2.43. The standard InChI is InChI=1S/C19H37N3O4S/c1-18(2,3)16-6-8-19(24,9-7-16)14-21-10-11-22(27(5,25)26)13-15(12-21)17(23)20-4/h15-16,24H,6-14H2,1-5H3,(H,20,23). The van der Waals surface area contributed by atoms with Crippen LogP contribution in [0.5, 0.6) is 0 Å². The number of rotatable bonds is 4. The lowest BCUT2D eigenvalue weighted by molar-refractivity contribution is -0.125. The van der Waals surface area contributed by atoms with Crippen molar-refractivity contribution in [1.29, 1.82) is 0 Å². The maximum absolute atomic E-state index is 12.2. The number of carbonyl (C=O) groups is 1. The molecule has 7 nitrogen and oxygen atoms in total. The van der Waals surface area contributed by atoms with Gasteiger partial charge in [-0.3, -0.25) is 9.69 Å². The Bertz CT molecular complexity index is 621. The summed E-state index contributed by atoms with van der Waals surface area (Å²) in [6, 6.07) is 0. The highest BCUT2D eigenvalue weighted by Gasteiger charge is 2.40. The summed E-state index contributed by atoms with van der Waals surface area (Å²) in [4.78, 5) is 14.3. The van der Waals surface area contributed by atoms with Gasteiger partial charge >= 0.3 is 0 Å². The number of sulfonamides is 1. The number of hydrogen-bond donors (Lipinski definition) is 2. The molecule has 1 heterocycles. The van der Waals surface area contributed by atoms with Gasteiger partial charge < -0.3 is 10.4 Å². The monoisotopic (exact) mass is 403 g/mol. The highest BCUT2D eigenvalue weighted by atomic mass is 32.2. The maximum Gasteiger partial charge on any atom is 0.225 e. The van der Waals surface area contributed by atoms with Gasteiger partial charge in [0.1, 0.15) is 0 Å². The molecule has 0 spiro atoms. The second-order valence-corrected chi connectivity index (χ2v) is 11.5. The largest absolute Gasteiger partial charge is 0.389 e. The summed E-state index contributed by atoms with van der Waals surface area (Å²) in [5, 5.41) is 13.8. The van der Waals surface area contributed by atoms with Crippen LogP contribution in [0, 0.1) is 17.3 Å². The fourth-order valence-corrected chi connectivity index (χ4v) is 5.33. The van der Waals surface area contributed by atoms with Crippen molar-refractivity contribution in [3.8, 4) is 0 Å². The second-order valence-electron chi connectivity index (χ2n) is 9.53. The molecule has 27 heavy (non-hydrogen) atoms. The minimum absolute atomic E-state index is 0.154. The van der Waals surface area contributed by atoms with Gasteiger partial charge in [-0.25, -0.2) is 12.7 Å². The van der Waals surface area contributed by atoms with E-state index in [1.54, 1.807) is 7.05 Å². The fraction of sp³-hybridized carbons (Fsp3) is 0.947. The number of aliphatic hydroxyl groups is 1. The van der Waals surface area contributed by atoms with Crippen LogP contribution in [0.15, 0.2) is 0 Å². The van der Waals surface area contributed by atoms with E-state index in [0.717, 1.165) is 25.7 Å². The summed E-state index contributed by atoms with van der Waals surface area (Å²) in [6.07, 6.45) is 4.70. The van der Waals surface area contributed by atoms with Gasteiger partial charge in [0.25, 0.3) is 0 Å². The van der Waals surface area contributed by atoms with Crippen molar-refractivity contribution in [2.24, 2.45) is 17.3 Å². The molecule has 1 amide bonds. The normalized spacial score (nSPS) is 32.1. The second kappa shape index (κ2) is 8.35. The number of nitrogens with one attached hydrogen (secondary N) is 1. The third-order valence-corrected chi connectivity index (χ3v) is 7.58. The highest BCUT2D eigenvalue weighted by molar-refractivity contribution is 7.88. The summed E-state index contributed by atoms with van der Waals surface area (Å²) in [5.41, 5.74) is -0.501. The van der Waals surface area contributed by atoms with E-state index in [1.165, 1.54) is 10.6 Å². The molecular weight excluding hydrogens is 366 g/mol. The minimum atomic E-state index is -3.36. The van der Waals surface area contributed by atoms with Crippen molar-refractivity contribution in [3.05, 3.63) is 0 Å². The molecule has 1 aliphatic carbocycles. The van der Waals surface area contributed by atoms with Crippen LogP contribution < -0.4 is 5.32 Å². The Labute approximate surface area is 164 Å². The molecule has 1 atom stereocenters. The zero-order chi connectivity index (χ0) is 20.5. The van der Waals surface area contributed by atoms with Crippen LogP contribution in [0.2, 0.25) is 0 Å². The van der Waals surface area contributed by atoms with E-state index >= 15 is 0 Å². The molecule has 2 N–H and O–H groups in total. The first-order valence-electron chi connectivity index (χ1n) is 9.95. The van der Waals surface area contributed by atoms with Crippen LogP contribution in [0.25, 0.3) is 0 Å². The first-order valence-corrected chi connectivity index (χ1v) is 11.8. The number of amides is 1. The van der Waals surface area contributed by atoms with Gasteiger partial charge in [0, 0.05) is 39.8 Å². The van der Waals surface area contributed by atoms with Crippen molar-refractivity contribution < 1.29 is 18.3 Å². The van der Waals surface area contributed by atoms with Crippen LogP contribution in [-0.4, -0.2) is 80.3 Å². The molecule has 0 bridgehead atoms. The number of β-amino-alcohol motifs (C(OH)–C–C–N with tert-alkyl or cyclic N) is 1. The Kier molecular flexibility index (Phi) is 6.98. The molecule has 0 radical (unpaired) electrons. The molecule has 2 rings (SSSR count). The summed E-state index contributed by atoms with van der Waals surface area (Å²) in [6.45, 7) is 8.81. The lowest BCUT2D eigenvalue weighted by Crippen LogP contribution is -2.49. The van der Waals surface area contributed by atoms with Crippen LogP contribution in [0.4, 0.5) is 0 Å². The van der Waals surface area contributed by atoms with Crippen molar-refractivity contribution in [3.63, 3.8) is 0 Å². The first-order chi connectivity index (χ1) is 12.3. The topological polar surface area (TPSA) is 90.0 Å². The maximum atomic E-state index is 12.2. The molecule has 158 valence electrons. The summed E-state index contributed by atoms with van der Waals surface area (Å²) < 4.78 is 25.4. The smallest absolute Gasteiger partial charge is 0.225 e. The highest BCUT2D eigenvalue weighted by Crippen LogP contribution is 2.41. The van der Waals surface area contributed by atoms with Crippen molar-refractivity contribution in [1.82, 2.24) is 14.5 Å². The summed E-state index contributed by atoms with van der Waals surface area (Å²) >= 11 is 0. The molecule has 1 aliphatic heterocycles. The van der Waals surface area contributed by atoms with E-state index in [9.17, 15) is 18.3 Å². The zero-order valence-corrected chi connectivity index (χ0v) is 18.3. The molecule has 1 unspecified atom stereocenters. The molecule has 1 saturated carbocycles. The molecule has 1 saturated heterocycles. The van der Waals surface area contributed by atoms with Gasteiger partial charge in [0.05, 0.1) is 17.8 Å². The number of carbonyl (C=O) groups excluding carboxylic acids is 1. The minimum Gasteiger partial charge on any atom is -0.389 e. The van der Waals surface area contributed by atoms with E-state index in [1.807, 2.05) is 0 Å². The molecule has 0 aromatic rings. The Morgan fingerprint density at radius 2 is 1.78 bits per heavy atom. The quantitative estimate of drug-likeness (QED) is 0.728. The van der Waals surface area contributed by atoms with Crippen molar-refractivity contribution >= 4 is 15.9 Å². The Morgan fingerprint density at radius 1 is 1.19 bits per heavy atom. The molecule has 8 heteroatoms. The zero-order valence-electron chi connectivity index (χ0n) is 17.5. The van der Waals surface area contributed by atoms with Crippen LogP contribution >= 0.6 is 0 Å². The third-order valence-electron chi connectivity index (χ3n) is 6.31. The average molecular weight is 404 g/mol. The van der Waals surface area contributed by atoms with E-state index in [4.69, 9.17) is 0 Å². The Morgan fingerprint density at radius 3 is 2.26 bits per heavy atom. The van der Waals surface area contributed by atoms with Gasteiger partial charge in [-0.1, -0.05) is 20.8 Å². The number of nitrogens with zero attached hydrogens (tertiary/aromatic N) is 2. The van der Waals surface area contributed by atoms with Crippen molar-refractivity contribution in [2.45, 2.75) is 52.1 Å². The van der Waals surface area contributed by atoms with Gasteiger partial charge in [-0.2, -0.15) is 0 Å². The van der Waals surface area contributed by atoms with Crippen LogP contribution in [-0.2, 0) is 14.8 Å². The van der Waals surface area contributed by atoms with E-state index in [-0.39, 0.29) is 17.9 Å². The number of hydrogen-bond acceptors (Lipinski definition) is 5. The average Bonchev–Trinajstić information content (AvgIpc) is 2.75. The third kappa shape index (κ3) is 6.14. The molecule has 0 aromatic heterocycles. The Hall–Kier alpha value is -0.700. The molecule has 2 aliphatic rings. The predicted octanol–water partition coefficient (Wildman–Crippen LogP) is 0.893. The van der Waals surface area contributed by atoms with Crippen LogP contribution in [0.1, 0.15) is 46.5 Å². The molecule has 2 fully saturated rings. The fourth-order valence-electron chi connectivity index (χ4n) is 4.46. The van der Waals surface area contributed by atoms with E-state index in [0.29, 0.717) is 32.1 Å². The predicted molar refractivity (Wildman–Crippen MR) is 107 cm³/mol. The van der Waals surface area contributed by atoms with E-state index < -0.39 is 21.5 Å². The van der Waals surface area contributed by atoms with Gasteiger partial charge in [0.2, 0.25) is 15.9 Å². The van der Waals surface area contributed by atoms with Crippen molar-refractivity contribution in [2.75, 3.05) is 46.0 Å². The summed E-state index contributed by atoms with van der Waals surface area (Å²) in [7, 11) is -1.78. The van der Waals surface area contributed by atoms with Gasteiger partial charge in [-0.15, -0.1) is 0 Å². The summed E-state index contributed by atoms with van der Waals surface area (Å²) in [5.74, 6) is 0.0296. The van der Waals surface area contributed by atoms with E-state index in [2.05, 4.69) is 31.0 Å². The Balaban J connectivity index is 2.06. The molecular formula is C19H37N3O4S. The first kappa shape index (κ1) is 22.6. The van der Waals surface area contributed by atoms with Gasteiger partial charge in [-0.05, 0) is 37.0 Å². The SMILES string of the molecule is CNC(=O)C1CN(CC2(O)CCC(C(C)(C)C)CC2)CCN(S(C)(=O)=O)C1. The van der Waals surface area contributed by atoms with Gasteiger partial charge in [0.15, 0.2) is 0 Å². The lowest BCUT2D eigenvalue weighted by atomic mass is 9.68. The van der Waals surface area contributed by atoms with Crippen LogP contribution in [0.3, 0.4) is 0 Å².